The molecular formula is C9H11IN2O4. The van der Waals surface area contributed by atoms with E-state index in [1.165, 1.54) is 16.3 Å². The standard InChI is InChI=1S/C9H11IN2O4/c1-3-4-6-8(14)11(10)5-7(13)12(6)9(15)16-2/h3,6H,1,4-5H2,2H3. The molecule has 1 aliphatic rings. The molecule has 0 radical (unpaired) electrons. The van der Waals surface area contributed by atoms with Gasteiger partial charge in [0.25, 0.3) is 11.8 Å². The van der Waals surface area contributed by atoms with Crippen LogP contribution in [0.15, 0.2) is 12.7 Å². The fourth-order valence-corrected chi connectivity index (χ4v) is 2.02. The number of rotatable bonds is 2. The van der Waals surface area contributed by atoms with Crippen LogP contribution in [0.3, 0.4) is 0 Å². The van der Waals surface area contributed by atoms with Crippen molar-refractivity contribution in [3.05, 3.63) is 12.7 Å². The Morgan fingerprint density at radius 3 is 2.81 bits per heavy atom. The van der Waals surface area contributed by atoms with Crippen LogP contribution in [0.5, 0.6) is 0 Å². The lowest BCUT2D eigenvalue weighted by Gasteiger charge is -2.34. The first-order valence-corrected chi connectivity index (χ1v) is 5.47. The van der Waals surface area contributed by atoms with Crippen LogP contribution < -0.4 is 0 Å². The fraction of sp³-hybridized carbons (Fsp3) is 0.444. The van der Waals surface area contributed by atoms with Crippen LogP contribution in [0.25, 0.3) is 0 Å². The van der Waals surface area contributed by atoms with Gasteiger partial charge in [0, 0.05) is 0 Å². The van der Waals surface area contributed by atoms with Crippen LogP contribution in [-0.2, 0) is 14.3 Å². The molecule has 16 heavy (non-hydrogen) atoms. The molecule has 0 N–H and O–H groups in total. The molecule has 1 saturated heterocycles. The molecule has 0 aromatic heterocycles. The molecule has 1 heterocycles. The monoisotopic (exact) mass is 338 g/mol. The minimum absolute atomic E-state index is 0.123. The summed E-state index contributed by atoms with van der Waals surface area (Å²) in [5.74, 6) is -0.752. The molecule has 88 valence electrons. The van der Waals surface area contributed by atoms with Crippen molar-refractivity contribution in [2.75, 3.05) is 13.7 Å². The second kappa shape index (κ2) is 5.28. The molecule has 0 saturated carbocycles. The van der Waals surface area contributed by atoms with Crippen molar-refractivity contribution in [1.29, 1.82) is 0 Å². The van der Waals surface area contributed by atoms with Crippen molar-refractivity contribution in [3.63, 3.8) is 0 Å². The first-order valence-electron chi connectivity index (χ1n) is 4.51. The number of methoxy groups -OCH3 is 1. The molecule has 1 atom stereocenters. The van der Waals surface area contributed by atoms with Gasteiger partial charge in [-0.05, 0) is 6.42 Å². The van der Waals surface area contributed by atoms with E-state index in [0.717, 1.165) is 4.90 Å². The Labute approximate surface area is 107 Å². The fourth-order valence-electron chi connectivity index (χ4n) is 1.41. The highest BCUT2D eigenvalue weighted by atomic mass is 127. The molecule has 3 amide bonds. The van der Waals surface area contributed by atoms with Crippen molar-refractivity contribution in [1.82, 2.24) is 8.01 Å². The largest absolute Gasteiger partial charge is 0.452 e. The second-order valence-corrected chi connectivity index (χ2v) is 4.30. The van der Waals surface area contributed by atoms with Crippen LogP contribution in [0, 0.1) is 0 Å². The predicted molar refractivity (Wildman–Crippen MR) is 63.6 cm³/mol. The maximum atomic E-state index is 11.8. The third kappa shape index (κ3) is 2.34. The van der Waals surface area contributed by atoms with E-state index in [0.29, 0.717) is 0 Å². The summed E-state index contributed by atoms with van der Waals surface area (Å²) in [6, 6.07) is -0.844. The van der Waals surface area contributed by atoms with E-state index in [4.69, 9.17) is 0 Å². The zero-order valence-electron chi connectivity index (χ0n) is 8.68. The zero-order valence-corrected chi connectivity index (χ0v) is 10.8. The summed E-state index contributed by atoms with van der Waals surface area (Å²) in [5.41, 5.74) is 0. The molecule has 6 nitrogen and oxygen atoms in total. The van der Waals surface area contributed by atoms with E-state index < -0.39 is 18.0 Å². The predicted octanol–water partition coefficient (Wildman–Crippen LogP) is 0.718. The van der Waals surface area contributed by atoms with Gasteiger partial charge >= 0.3 is 6.09 Å². The molecule has 0 aromatic rings. The lowest BCUT2D eigenvalue weighted by Crippen LogP contribution is -2.58. The number of piperazine rings is 1. The van der Waals surface area contributed by atoms with Crippen molar-refractivity contribution in [2.24, 2.45) is 0 Å². The summed E-state index contributed by atoms with van der Waals surface area (Å²) >= 11 is 1.75. The van der Waals surface area contributed by atoms with E-state index in [-0.39, 0.29) is 18.9 Å². The second-order valence-electron chi connectivity index (χ2n) is 3.13. The summed E-state index contributed by atoms with van der Waals surface area (Å²) in [6.45, 7) is 3.37. The van der Waals surface area contributed by atoms with Crippen LogP contribution in [0.2, 0.25) is 0 Å². The van der Waals surface area contributed by atoms with Crippen molar-refractivity contribution >= 4 is 40.8 Å². The number of amides is 3. The highest BCUT2D eigenvalue weighted by Crippen LogP contribution is 2.19. The van der Waals surface area contributed by atoms with Gasteiger partial charge in [-0.1, -0.05) is 6.08 Å². The molecule has 0 bridgehead atoms. The highest BCUT2D eigenvalue weighted by molar-refractivity contribution is 14.1. The van der Waals surface area contributed by atoms with Gasteiger partial charge in [0.1, 0.15) is 12.6 Å². The van der Waals surface area contributed by atoms with Crippen LogP contribution in [0.1, 0.15) is 6.42 Å². The van der Waals surface area contributed by atoms with Crippen molar-refractivity contribution < 1.29 is 19.1 Å². The van der Waals surface area contributed by atoms with E-state index in [2.05, 4.69) is 11.3 Å². The Morgan fingerprint density at radius 2 is 2.31 bits per heavy atom. The van der Waals surface area contributed by atoms with Crippen LogP contribution in [-0.4, -0.2) is 45.6 Å². The molecule has 1 rings (SSSR count). The maximum absolute atomic E-state index is 11.8. The zero-order chi connectivity index (χ0) is 12.3. The van der Waals surface area contributed by atoms with Gasteiger partial charge in [-0.25, -0.2) is 9.69 Å². The SMILES string of the molecule is C=CCC1C(=O)N(I)CC(=O)N1C(=O)OC. The Hall–Kier alpha value is -1.12. The lowest BCUT2D eigenvalue weighted by molar-refractivity contribution is -0.147. The minimum atomic E-state index is -0.844. The molecule has 1 aliphatic heterocycles. The molecular weight excluding hydrogens is 327 g/mol. The molecule has 7 heteroatoms. The third-order valence-corrected chi connectivity index (χ3v) is 2.96. The average Bonchev–Trinajstić information content (AvgIpc) is 2.25. The Bertz CT molecular complexity index is 344. The summed E-state index contributed by atoms with van der Waals surface area (Å²) in [7, 11) is 1.17. The van der Waals surface area contributed by atoms with Gasteiger partial charge in [0.2, 0.25) is 0 Å². The number of hydrogen-bond donors (Lipinski definition) is 0. The van der Waals surface area contributed by atoms with E-state index in [1.54, 1.807) is 22.9 Å². The molecule has 1 fully saturated rings. The smallest absolute Gasteiger partial charge is 0.417 e. The van der Waals surface area contributed by atoms with Crippen molar-refractivity contribution in [3.8, 4) is 0 Å². The number of carbonyl (C=O) groups excluding carboxylic acids is 3. The number of ether oxygens (including phenoxy) is 1. The summed E-state index contributed by atoms with van der Waals surface area (Å²) in [6.07, 6.45) is 0.899. The number of hydrogen-bond acceptors (Lipinski definition) is 4. The first-order chi connectivity index (χ1) is 7.52. The molecule has 0 aromatic carbocycles. The third-order valence-electron chi connectivity index (χ3n) is 2.14. The lowest BCUT2D eigenvalue weighted by atomic mass is 10.1. The molecule has 1 unspecified atom stereocenters. The topological polar surface area (TPSA) is 66.9 Å². The number of carbonyl (C=O) groups is 3. The Morgan fingerprint density at radius 1 is 1.69 bits per heavy atom. The van der Waals surface area contributed by atoms with Gasteiger partial charge in [-0.15, -0.1) is 6.58 Å². The van der Waals surface area contributed by atoms with E-state index in [1.807, 2.05) is 0 Å². The number of halogens is 1. The molecule has 0 aliphatic carbocycles. The summed E-state index contributed by atoms with van der Waals surface area (Å²) in [5, 5.41) is 0. The summed E-state index contributed by atoms with van der Waals surface area (Å²) < 4.78 is 5.74. The number of imide groups is 1. The average molecular weight is 338 g/mol. The highest BCUT2D eigenvalue weighted by Gasteiger charge is 2.42. The Kier molecular flexibility index (Phi) is 4.27. The normalized spacial score (nSPS) is 21.0. The van der Waals surface area contributed by atoms with E-state index >= 15 is 0 Å². The van der Waals surface area contributed by atoms with Gasteiger partial charge < -0.3 is 4.74 Å². The van der Waals surface area contributed by atoms with Crippen molar-refractivity contribution in [2.45, 2.75) is 12.5 Å². The molecule has 0 spiro atoms. The van der Waals surface area contributed by atoms with Gasteiger partial charge in [-0.3, -0.25) is 12.7 Å². The quantitative estimate of drug-likeness (QED) is 0.423. The summed E-state index contributed by atoms with van der Waals surface area (Å²) in [4.78, 5) is 35.6. The van der Waals surface area contributed by atoms with Gasteiger partial charge in [0.05, 0.1) is 30.0 Å². The minimum Gasteiger partial charge on any atom is -0.452 e. The Balaban J connectivity index is 3.00. The first kappa shape index (κ1) is 12.9. The maximum Gasteiger partial charge on any atom is 0.417 e. The van der Waals surface area contributed by atoms with Crippen LogP contribution >= 0.6 is 22.9 Å². The van der Waals surface area contributed by atoms with Gasteiger partial charge in [0.15, 0.2) is 0 Å². The van der Waals surface area contributed by atoms with Gasteiger partial charge in [-0.2, -0.15) is 0 Å². The number of nitrogens with zero attached hydrogens (tertiary/aromatic N) is 2. The van der Waals surface area contributed by atoms with Crippen LogP contribution in [0.4, 0.5) is 4.79 Å². The van der Waals surface area contributed by atoms with E-state index in [9.17, 15) is 14.4 Å².